The van der Waals surface area contributed by atoms with Crippen LogP contribution in [0.3, 0.4) is 0 Å². The van der Waals surface area contributed by atoms with Crippen molar-refractivity contribution in [2.45, 2.75) is 45.6 Å². The Balaban J connectivity index is 3.56. The first-order chi connectivity index (χ1) is 6.85. The van der Waals surface area contributed by atoms with Gasteiger partial charge in [-0.2, -0.15) is 0 Å². The molecule has 0 bridgehead atoms. The zero-order valence-electron chi connectivity index (χ0n) is 9.51. The van der Waals surface area contributed by atoms with Crippen LogP contribution >= 0.6 is 0 Å². The normalized spacial score (nSPS) is 12.4. The minimum Gasteiger partial charge on any atom is -0.380 e. The third-order valence-corrected chi connectivity index (χ3v) is 1.99. The summed E-state index contributed by atoms with van der Waals surface area (Å²) in [5, 5.41) is 3.44. The van der Waals surface area contributed by atoms with E-state index in [0.29, 0.717) is 6.04 Å². The highest BCUT2D eigenvalue weighted by Crippen LogP contribution is 1.98. The summed E-state index contributed by atoms with van der Waals surface area (Å²) in [6, 6.07) is 0.428. The van der Waals surface area contributed by atoms with E-state index in [1.165, 1.54) is 0 Å². The molecule has 0 aliphatic carbocycles. The Hall–Kier alpha value is -0.520. The van der Waals surface area contributed by atoms with Crippen molar-refractivity contribution in [3.63, 3.8) is 0 Å². The molecule has 0 saturated heterocycles. The van der Waals surface area contributed by atoms with Gasteiger partial charge in [-0.1, -0.05) is 13.8 Å². The SMILES string of the molecule is C#CCCC(COCCC)NCCC. The fourth-order valence-corrected chi connectivity index (χ4v) is 1.22. The summed E-state index contributed by atoms with van der Waals surface area (Å²) in [4.78, 5) is 0. The second-order valence-electron chi connectivity index (χ2n) is 3.47. The summed E-state index contributed by atoms with van der Waals surface area (Å²) in [7, 11) is 0. The fourth-order valence-electron chi connectivity index (χ4n) is 1.22. The van der Waals surface area contributed by atoms with E-state index in [2.05, 4.69) is 25.1 Å². The lowest BCUT2D eigenvalue weighted by Crippen LogP contribution is -2.34. The van der Waals surface area contributed by atoms with E-state index in [4.69, 9.17) is 11.2 Å². The number of hydrogen-bond donors (Lipinski definition) is 1. The molecule has 0 aromatic rings. The van der Waals surface area contributed by atoms with Crippen molar-refractivity contribution >= 4 is 0 Å². The van der Waals surface area contributed by atoms with Crippen LogP contribution in [0.15, 0.2) is 0 Å². The van der Waals surface area contributed by atoms with E-state index in [1.807, 2.05) is 0 Å². The molecule has 0 aromatic carbocycles. The van der Waals surface area contributed by atoms with Gasteiger partial charge in [0.25, 0.3) is 0 Å². The fraction of sp³-hybridized carbons (Fsp3) is 0.833. The van der Waals surface area contributed by atoms with Crippen LogP contribution in [-0.4, -0.2) is 25.8 Å². The van der Waals surface area contributed by atoms with Crippen molar-refractivity contribution in [2.75, 3.05) is 19.8 Å². The van der Waals surface area contributed by atoms with Crippen molar-refractivity contribution in [2.24, 2.45) is 0 Å². The number of rotatable bonds is 9. The maximum atomic E-state index is 5.51. The number of terminal acetylenes is 1. The van der Waals surface area contributed by atoms with Crippen molar-refractivity contribution in [1.29, 1.82) is 0 Å². The van der Waals surface area contributed by atoms with Crippen LogP contribution < -0.4 is 5.32 Å². The topological polar surface area (TPSA) is 21.3 Å². The summed E-state index contributed by atoms with van der Waals surface area (Å²) in [6.45, 7) is 6.97. The van der Waals surface area contributed by atoms with Gasteiger partial charge in [0.2, 0.25) is 0 Å². The van der Waals surface area contributed by atoms with Gasteiger partial charge in [-0.15, -0.1) is 12.3 Å². The Kier molecular flexibility index (Phi) is 10.2. The lowest BCUT2D eigenvalue weighted by Gasteiger charge is -2.17. The molecule has 2 nitrogen and oxygen atoms in total. The number of ether oxygens (including phenoxy) is 1. The molecule has 1 unspecified atom stereocenters. The summed E-state index contributed by atoms with van der Waals surface area (Å²) in [5.41, 5.74) is 0. The minimum atomic E-state index is 0.428. The Labute approximate surface area is 88.4 Å². The molecule has 0 rings (SSSR count). The molecular weight excluding hydrogens is 174 g/mol. The summed E-state index contributed by atoms with van der Waals surface area (Å²) < 4.78 is 5.51. The zero-order valence-corrected chi connectivity index (χ0v) is 9.51. The Morgan fingerprint density at radius 3 is 2.71 bits per heavy atom. The maximum absolute atomic E-state index is 5.51. The van der Waals surface area contributed by atoms with Crippen LogP contribution in [-0.2, 0) is 4.74 Å². The van der Waals surface area contributed by atoms with Gasteiger partial charge in [-0.05, 0) is 25.8 Å². The van der Waals surface area contributed by atoms with Gasteiger partial charge < -0.3 is 10.1 Å². The van der Waals surface area contributed by atoms with Crippen LogP contribution in [0.25, 0.3) is 0 Å². The predicted octanol–water partition coefficient (Wildman–Crippen LogP) is 2.19. The van der Waals surface area contributed by atoms with E-state index >= 15 is 0 Å². The molecule has 0 amide bonds. The number of hydrogen-bond acceptors (Lipinski definition) is 2. The molecule has 0 aromatic heterocycles. The highest BCUT2D eigenvalue weighted by molar-refractivity contribution is 4.85. The van der Waals surface area contributed by atoms with Gasteiger partial charge in [-0.25, -0.2) is 0 Å². The van der Waals surface area contributed by atoms with Gasteiger partial charge in [0, 0.05) is 19.1 Å². The summed E-state index contributed by atoms with van der Waals surface area (Å²) in [5.74, 6) is 2.67. The lowest BCUT2D eigenvalue weighted by molar-refractivity contribution is 0.110. The molecule has 0 aliphatic heterocycles. The van der Waals surface area contributed by atoms with Crippen LogP contribution in [0.5, 0.6) is 0 Å². The number of nitrogens with one attached hydrogen (secondary N) is 1. The van der Waals surface area contributed by atoms with Crippen LogP contribution in [0.4, 0.5) is 0 Å². The van der Waals surface area contributed by atoms with E-state index in [9.17, 15) is 0 Å². The minimum absolute atomic E-state index is 0.428. The first kappa shape index (κ1) is 13.5. The van der Waals surface area contributed by atoms with Crippen LogP contribution in [0.2, 0.25) is 0 Å². The average molecular weight is 197 g/mol. The Morgan fingerprint density at radius 1 is 1.36 bits per heavy atom. The van der Waals surface area contributed by atoms with Gasteiger partial charge >= 0.3 is 0 Å². The molecule has 0 heterocycles. The molecule has 82 valence electrons. The molecular formula is C12H23NO. The first-order valence-electron chi connectivity index (χ1n) is 5.59. The molecule has 1 N–H and O–H groups in total. The monoisotopic (exact) mass is 197 g/mol. The summed E-state index contributed by atoms with van der Waals surface area (Å²) >= 11 is 0. The Bertz CT molecular complexity index is 151. The molecule has 14 heavy (non-hydrogen) atoms. The smallest absolute Gasteiger partial charge is 0.0619 e. The van der Waals surface area contributed by atoms with Gasteiger partial charge in [0.15, 0.2) is 0 Å². The van der Waals surface area contributed by atoms with Gasteiger partial charge in [0.05, 0.1) is 6.61 Å². The highest BCUT2D eigenvalue weighted by atomic mass is 16.5. The third kappa shape index (κ3) is 8.10. The molecule has 2 heteroatoms. The van der Waals surface area contributed by atoms with Crippen LogP contribution in [0, 0.1) is 12.3 Å². The first-order valence-corrected chi connectivity index (χ1v) is 5.59. The maximum Gasteiger partial charge on any atom is 0.0619 e. The third-order valence-electron chi connectivity index (χ3n) is 1.99. The van der Waals surface area contributed by atoms with E-state index in [0.717, 1.165) is 45.4 Å². The standard InChI is InChI=1S/C12H23NO/c1-4-7-8-12(13-9-5-2)11-14-10-6-3/h1,12-13H,5-11H2,2-3H3. The summed E-state index contributed by atoms with van der Waals surface area (Å²) in [6.07, 6.45) is 9.32. The second kappa shape index (κ2) is 10.6. The van der Waals surface area contributed by atoms with E-state index in [1.54, 1.807) is 0 Å². The second-order valence-corrected chi connectivity index (χ2v) is 3.47. The highest BCUT2D eigenvalue weighted by Gasteiger charge is 2.06. The quantitative estimate of drug-likeness (QED) is 0.452. The van der Waals surface area contributed by atoms with Crippen molar-refractivity contribution in [3.05, 3.63) is 0 Å². The van der Waals surface area contributed by atoms with E-state index < -0.39 is 0 Å². The molecule has 0 spiro atoms. The molecule has 0 fully saturated rings. The molecule has 0 aliphatic rings. The van der Waals surface area contributed by atoms with Crippen molar-refractivity contribution < 1.29 is 4.74 Å². The van der Waals surface area contributed by atoms with Gasteiger partial charge in [-0.3, -0.25) is 0 Å². The molecule has 1 atom stereocenters. The molecule has 0 saturated carbocycles. The van der Waals surface area contributed by atoms with Crippen LogP contribution in [0.1, 0.15) is 39.5 Å². The average Bonchev–Trinajstić information content (AvgIpc) is 2.21. The Morgan fingerprint density at radius 2 is 2.14 bits per heavy atom. The van der Waals surface area contributed by atoms with Gasteiger partial charge in [0.1, 0.15) is 0 Å². The van der Waals surface area contributed by atoms with Crippen molar-refractivity contribution in [3.8, 4) is 12.3 Å². The largest absolute Gasteiger partial charge is 0.380 e. The zero-order chi connectivity index (χ0) is 10.6. The van der Waals surface area contributed by atoms with E-state index in [-0.39, 0.29) is 0 Å². The lowest BCUT2D eigenvalue weighted by atomic mass is 10.1. The van der Waals surface area contributed by atoms with Crippen molar-refractivity contribution in [1.82, 2.24) is 5.32 Å². The predicted molar refractivity (Wildman–Crippen MR) is 61.3 cm³/mol. The molecule has 0 radical (unpaired) electrons.